The molecule has 0 radical (unpaired) electrons. The number of furan rings is 1. The molecule has 7 heteroatoms. The van der Waals surface area contributed by atoms with Gasteiger partial charge >= 0.3 is 0 Å². The summed E-state index contributed by atoms with van der Waals surface area (Å²) in [7, 11) is 0. The number of benzene rings is 2. The molecule has 6 nitrogen and oxygen atoms in total. The molecule has 2 aromatic carbocycles. The van der Waals surface area contributed by atoms with Crippen LogP contribution in [0.1, 0.15) is 94.3 Å². The van der Waals surface area contributed by atoms with Crippen molar-refractivity contribution in [2.24, 2.45) is 0 Å². The lowest BCUT2D eigenvalue weighted by atomic mass is 9.98. The predicted molar refractivity (Wildman–Crippen MR) is 163 cm³/mol. The van der Waals surface area contributed by atoms with Crippen molar-refractivity contribution in [2.75, 3.05) is 31.6 Å². The lowest BCUT2D eigenvalue weighted by molar-refractivity contribution is -0.114. The number of carbonyl (C=O) groups is 2. The third-order valence-electron chi connectivity index (χ3n) is 6.73. The van der Waals surface area contributed by atoms with E-state index in [4.69, 9.17) is 9.15 Å². The zero-order chi connectivity index (χ0) is 27.3. The van der Waals surface area contributed by atoms with Gasteiger partial charge in [-0.2, -0.15) is 0 Å². The van der Waals surface area contributed by atoms with E-state index in [2.05, 4.69) is 31.0 Å². The Kier molecular flexibility index (Phi) is 14.1. The molecule has 1 heterocycles. The first-order valence-electron chi connectivity index (χ1n) is 14.3. The average Bonchev–Trinajstić information content (AvgIpc) is 3.28. The van der Waals surface area contributed by atoms with Gasteiger partial charge in [0.15, 0.2) is 5.78 Å². The Labute approximate surface area is 239 Å². The largest absolute Gasteiger partial charge is 0.494 e. The number of carbonyl (C=O) groups excluding carboxylic acids is 2. The van der Waals surface area contributed by atoms with Crippen LogP contribution in [0.2, 0.25) is 0 Å². The van der Waals surface area contributed by atoms with E-state index in [0.717, 1.165) is 50.0 Å². The molecule has 1 N–H and O–H groups in total. The lowest BCUT2D eigenvalue weighted by Crippen LogP contribution is -2.28. The van der Waals surface area contributed by atoms with Crippen LogP contribution in [-0.4, -0.2) is 42.8 Å². The molecule has 0 unspecified atom stereocenters. The molecule has 1 aromatic heterocycles. The Bertz CT molecular complexity index is 1160. The molecular formula is C32H45ClN2O4. The Morgan fingerprint density at radius 3 is 2.13 bits per heavy atom. The molecule has 1 amide bonds. The number of fused-ring (bicyclic) bond motifs is 1. The molecule has 3 rings (SSSR count). The van der Waals surface area contributed by atoms with Crippen molar-refractivity contribution in [1.82, 2.24) is 4.90 Å². The van der Waals surface area contributed by atoms with Crippen LogP contribution in [-0.2, 0) is 11.2 Å². The Balaban J connectivity index is 0.00000533. The summed E-state index contributed by atoms with van der Waals surface area (Å²) in [6.07, 6.45) is 8.51. The number of anilines is 1. The van der Waals surface area contributed by atoms with Gasteiger partial charge in [-0.1, -0.05) is 40.0 Å². The van der Waals surface area contributed by atoms with Crippen LogP contribution in [0.5, 0.6) is 5.75 Å². The molecule has 0 aliphatic heterocycles. The van der Waals surface area contributed by atoms with Crippen LogP contribution in [0.25, 0.3) is 11.0 Å². The zero-order valence-corrected chi connectivity index (χ0v) is 24.8. The molecule has 214 valence electrons. The van der Waals surface area contributed by atoms with Gasteiger partial charge in [-0.15, -0.1) is 12.4 Å². The van der Waals surface area contributed by atoms with E-state index in [-0.39, 0.29) is 24.1 Å². The first kappa shape index (κ1) is 32.4. The molecule has 0 fully saturated rings. The van der Waals surface area contributed by atoms with Gasteiger partial charge in [0.25, 0.3) is 0 Å². The summed E-state index contributed by atoms with van der Waals surface area (Å²) in [5.74, 6) is 1.23. The normalized spacial score (nSPS) is 11.0. The van der Waals surface area contributed by atoms with Crippen LogP contribution in [0.15, 0.2) is 46.9 Å². The second-order valence-electron chi connectivity index (χ2n) is 10.0. The van der Waals surface area contributed by atoms with E-state index in [1.807, 2.05) is 36.4 Å². The molecule has 0 spiro atoms. The number of aryl methyl sites for hydroxylation is 1. The van der Waals surface area contributed by atoms with Crippen molar-refractivity contribution in [3.05, 3.63) is 59.4 Å². The highest BCUT2D eigenvalue weighted by atomic mass is 35.5. The Hall–Kier alpha value is -2.83. The quantitative estimate of drug-likeness (QED) is 0.134. The third kappa shape index (κ3) is 9.70. The smallest absolute Gasteiger partial charge is 0.221 e. The van der Waals surface area contributed by atoms with Crippen LogP contribution < -0.4 is 10.1 Å². The van der Waals surface area contributed by atoms with Crippen molar-refractivity contribution in [3.63, 3.8) is 0 Å². The van der Waals surface area contributed by atoms with E-state index in [0.29, 0.717) is 41.2 Å². The molecule has 0 atom stereocenters. The van der Waals surface area contributed by atoms with Gasteiger partial charge in [-0.05, 0) is 81.2 Å². The monoisotopic (exact) mass is 556 g/mol. The minimum atomic E-state index is -0.155. The summed E-state index contributed by atoms with van der Waals surface area (Å²) < 4.78 is 12.1. The van der Waals surface area contributed by atoms with Crippen LogP contribution >= 0.6 is 12.4 Å². The number of unbranched alkanes of at least 4 members (excludes halogenated alkanes) is 3. The van der Waals surface area contributed by atoms with Crippen LogP contribution in [0.4, 0.5) is 5.69 Å². The topological polar surface area (TPSA) is 71.8 Å². The van der Waals surface area contributed by atoms with Crippen LogP contribution in [0.3, 0.4) is 0 Å². The summed E-state index contributed by atoms with van der Waals surface area (Å²) >= 11 is 0. The Morgan fingerprint density at radius 1 is 0.872 bits per heavy atom. The number of halogens is 1. The minimum Gasteiger partial charge on any atom is -0.494 e. The molecule has 0 saturated carbocycles. The van der Waals surface area contributed by atoms with Gasteiger partial charge in [0.2, 0.25) is 5.91 Å². The summed E-state index contributed by atoms with van der Waals surface area (Å²) in [6.45, 7) is 12.1. The van der Waals surface area contributed by atoms with Crippen molar-refractivity contribution < 1.29 is 18.7 Å². The fraction of sp³-hybridized carbons (Fsp3) is 0.500. The summed E-state index contributed by atoms with van der Waals surface area (Å²) in [6, 6.07) is 12.8. The summed E-state index contributed by atoms with van der Waals surface area (Å²) in [5.41, 5.74) is 2.47. The summed E-state index contributed by atoms with van der Waals surface area (Å²) in [5, 5.41) is 3.53. The van der Waals surface area contributed by atoms with E-state index in [1.54, 1.807) is 6.07 Å². The molecule has 39 heavy (non-hydrogen) atoms. The molecule has 0 saturated heterocycles. The standard InChI is InChI=1S/C32H44N2O4.ClH/c1-5-8-12-30-31(28-23-26(33-24(4)35)15-18-29(28)38-30)32(36)25-13-16-27(17-14-25)37-22-11-21-34(19-9-6-2)20-10-7-3;/h13-18,23H,5-12,19-22H2,1-4H3,(H,33,35);1H. The molecule has 0 bridgehead atoms. The first-order chi connectivity index (χ1) is 18.5. The number of nitrogens with zero attached hydrogens (tertiary/aromatic N) is 1. The fourth-order valence-electron chi connectivity index (χ4n) is 4.62. The van der Waals surface area contributed by atoms with Crippen LogP contribution in [0, 0.1) is 0 Å². The second-order valence-corrected chi connectivity index (χ2v) is 10.0. The maximum absolute atomic E-state index is 13.7. The number of rotatable bonds is 17. The summed E-state index contributed by atoms with van der Waals surface area (Å²) in [4.78, 5) is 27.8. The number of hydrogen-bond donors (Lipinski definition) is 1. The maximum Gasteiger partial charge on any atom is 0.221 e. The molecule has 0 aliphatic carbocycles. The van der Waals surface area contributed by atoms with Crippen molar-refractivity contribution in [1.29, 1.82) is 0 Å². The number of ether oxygens (including phenoxy) is 1. The van der Waals surface area contributed by atoms with Crippen molar-refractivity contribution in [2.45, 2.75) is 79.1 Å². The zero-order valence-electron chi connectivity index (χ0n) is 24.0. The molecule has 0 aliphatic rings. The van der Waals surface area contributed by atoms with Gasteiger partial charge in [-0.25, -0.2) is 0 Å². The van der Waals surface area contributed by atoms with E-state index < -0.39 is 0 Å². The first-order valence-corrected chi connectivity index (χ1v) is 14.3. The van der Waals surface area contributed by atoms with Gasteiger partial charge in [0.1, 0.15) is 17.1 Å². The van der Waals surface area contributed by atoms with Gasteiger partial charge < -0.3 is 19.4 Å². The molecular weight excluding hydrogens is 512 g/mol. The average molecular weight is 557 g/mol. The number of amides is 1. The van der Waals surface area contributed by atoms with Crippen molar-refractivity contribution in [3.8, 4) is 5.75 Å². The predicted octanol–water partition coefficient (Wildman–Crippen LogP) is 8.06. The van der Waals surface area contributed by atoms with Gasteiger partial charge in [0, 0.05) is 36.5 Å². The maximum atomic E-state index is 13.7. The van der Waals surface area contributed by atoms with E-state index in [1.165, 1.54) is 32.6 Å². The van der Waals surface area contributed by atoms with Crippen molar-refractivity contribution >= 4 is 40.8 Å². The lowest BCUT2D eigenvalue weighted by Gasteiger charge is -2.21. The van der Waals surface area contributed by atoms with E-state index in [9.17, 15) is 9.59 Å². The highest BCUT2D eigenvalue weighted by Gasteiger charge is 2.22. The Morgan fingerprint density at radius 2 is 1.51 bits per heavy atom. The second kappa shape index (κ2) is 17.0. The highest BCUT2D eigenvalue weighted by Crippen LogP contribution is 2.32. The minimum absolute atomic E-state index is 0. The van der Waals surface area contributed by atoms with Gasteiger partial charge in [0.05, 0.1) is 12.2 Å². The number of nitrogens with one attached hydrogen (secondary N) is 1. The fourth-order valence-corrected chi connectivity index (χ4v) is 4.62. The van der Waals surface area contributed by atoms with Gasteiger partial charge in [-0.3, -0.25) is 9.59 Å². The van der Waals surface area contributed by atoms with E-state index >= 15 is 0 Å². The third-order valence-corrected chi connectivity index (χ3v) is 6.73. The highest BCUT2D eigenvalue weighted by molar-refractivity contribution is 6.17. The SMILES string of the molecule is CCCCc1oc2ccc(NC(C)=O)cc2c1C(=O)c1ccc(OCCCN(CCCC)CCCC)cc1.Cl. The number of ketones is 1. The molecule has 3 aromatic rings. The number of hydrogen-bond acceptors (Lipinski definition) is 5.